The van der Waals surface area contributed by atoms with Crippen molar-refractivity contribution in [3.8, 4) is 0 Å². The molecule has 0 N–H and O–H groups in total. The van der Waals surface area contributed by atoms with Crippen LogP contribution in [0.25, 0.3) is 0 Å². The summed E-state index contributed by atoms with van der Waals surface area (Å²) in [6.45, 7) is 14.6. The Hall–Kier alpha value is -2.44. The summed E-state index contributed by atoms with van der Waals surface area (Å²) in [5.74, 6) is -0.224. The van der Waals surface area contributed by atoms with E-state index in [1.165, 1.54) is 4.90 Å². The summed E-state index contributed by atoms with van der Waals surface area (Å²) in [4.78, 5) is 26.6. The van der Waals surface area contributed by atoms with Crippen molar-refractivity contribution in [1.29, 1.82) is 0 Å². The number of carbonyl (C=O) groups is 2. The fraction of sp³-hybridized carbons (Fsp3) is 0.500. The maximum atomic E-state index is 13.0. The van der Waals surface area contributed by atoms with Crippen molar-refractivity contribution in [2.75, 3.05) is 6.61 Å². The van der Waals surface area contributed by atoms with Gasteiger partial charge in [-0.1, -0.05) is 96.1 Å². The summed E-state index contributed by atoms with van der Waals surface area (Å²) < 4.78 is 11.9. The van der Waals surface area contributed by atoms with E-state index < -0.39 is 14.4 Å². The number of rotatable bonds is 10. The van der Waals surface area contributed by atoms with Gasteiger partial charge in [-0.05, 0) is 39.7 Å². The normalized spacial score (nSPS) is 16.6. The summed E-state index contributed by atoms with van der Waals surface area (Å²) in [6.07, 6.45) is 0.222. The van der Waals surface area contributed by atoms with Gasteiger partial charge in [0.25, 0.3) is 0 Å². The molecular weight excluding hydrogens is 442 g/mol. The lowest BCUT2D eigenvalue weighted by Crippen LogP contribution is -2.47. The van der Waals surface area contributed by atoms with Crippen LogP contribution in [0.4, 0.5) is 4.79 Å². The number of amides is 2. The van der Waals surface area contributed by atoms with Crippen molar-refractivity contribution in [2.45, 2.75) is 83.7 Å². The summed E-state index contributed by atoms with van der Waals surface area (Å²) in [6, 6.07) is 17.6. The number of imide groups is 1. The minimum Gasteiger partial charge on any atom is -0.447 e. The molecule has 0 saturated carbocycles. The third kappa shape index (κ3) is 5.78. The highest BCUT2D eigenvalue weighted by Crippen LogP contribution is 2.42. The summed E-state index contributed by atoms with van der Waals surface area (Å²) in [5.41, 5.74) is 4.68. The zero-order valence-corrected chi connectivity index (χ0v) is 22.4. The fourth-order valence-electron chi connectivity index (χ4n) is 5.52. The molecule has 0 aliphatic carbocycles. The van der Waals surface area contributed by atoms with Gasteiger partial charge in [0.15, 0.2) is 0 Å². The molecule has 2 amide bonds. The van der Waals surface area contributed by atoms with Crippen LogP contribution in [0.15, 0.2) is 54.6 Å². The molecular formula is C28H39NO4Si. The van der Waals surface area contributed by atoms with Crippen molar-refractivity contribution in [1.82, 2.24) is 4.90 Å². The number of nitrogens with zero attached hydrogens (tertiary/aromatic N) is 1. The number of benzene rings is 2. The zero-order chi connectivity index (χ0) is 24.9. The summed E-state index contributed by atoms with van der Waals surface area (Å²) in [7, 11) is -1.93. The van der Waals surface area contributed by atoms with Crippen LogP contribution in [0.1, 0.15) is 58.2 Å². The molecule has 0 unspecified atom stereocenters. The van der Waals surface area contributed by atoms with Crippen LogP contribution in [0, 0.1) is 0 Å². The number of hydrogen-bond donors (Lipinski definition) is 0. The Morgan fingerprint density at radius 2 is 1.47 bits per heavy atom. The van der Waals surface area contributed by atoms with Crippen molar-refractivity contribution in [2.24, 2.45) is 0 Å². The molecule has 3 rings (SSSR count). The summed E-state index contributed by atoms with van der Waals surface area (Å²) in [5, 5.41) is 0. The summed E-state index contributed by atoms with van der Waals surface area (Å²) >= 11 is 0. The number of cyclic esters (lactones) is 1. The van der Waals surface area contributed by atoms with Crippen LogP contribution in [0.5, 0.6) is 0 Å². The van der Waals surface area contributed by atoms with Gasteiger partial charge in [-0.2, -0.15) is 0 Å². The average molecular weight is 482 g/mol. The highest BCUT2D eigenvalue weighted by Gasteiger charge is 2.45. The van der Waals surface area contributed by atoms with Crippen LogP contribution >= 0.6 is 0 Å². The predicted octanol–water partition coefficient (Wildman–Crippen LogP) is 6.51. The minimum absolute atomic E-state index is 0.171. The van der Waals surface area contributed by atoms with Crippen LogP contribution in [-0.4, -0.2) is 37.9 Å². The van der Waals surface area contributed by atoms with Gasteiger partial charge in [0.2, 0.25) is 14.2 Å². The molecule has 1 atom stereocenters. The van der Waals surface area contributed by atoms with E-state index in [4.69, 9.17) is 9.16 Å². The predicted molar refractivity (Wildman–Crippen MR) is 138 cm³/mol. The first kappa shape index (κ1) is 26.2. The third-order valence-corrected chi connectivity index (χ3v) is 13.2. The molecule has 0 spiro atoms. The second-order valence-corrected chi connectivity index (χ2v) is 15.7. The maximum absolute atomic E-state index is 13.0. The van der Waals surface area contributed by atoms with Crippen LogP contribution in [-0.2, 0) is 33.4 Å². The molecule has 2 aromatic rings. The van der Waals surface area contributed by atoms with E-state index in [0.29, 0.717) is 29.7 Å². The quantitative estimate of drug-likeness (QED) is 0.363. The van der Waals surface area contributed by atoms with Crippen molar-refractivity contribution < 1.29 is 18.8 Å². The van der Waals surface area contributed by atoms with E-state index in [0.717, 1.165) is 16.7 Å². The first-order valence-corrected chi connectivity index (χ1v) is 14.5. The Kier molecular flexibility index (Phi) is 8.71. The SMILES string of the molecule is CC(C)[Si](OCc1ccc(CC(=O)N2C(=O)OC[C@H]2Cc2ccccc2)cc1)(C(C)C)C(C)C. The van der Waals surface area contributed by atoms with Gasteiger partial charge in [0, 0.05) is 0 Å². The second kappa shape index (κ2) is 11.3. The molecule has 0 aromatic heterocycles. The van der Waals surface area contributed by atoms with Gasteiger partial charge >= 0.3 is 6.09 Å². The Balaban J connectivity index is 1.63. The fourth-order valence-corrected chi connectivity index (χ4v) is 10.9. The molecule has 0 bridgehead atoms. The Labute approximate surface area is 205 Å². The largest absolute Gasteiger partial charge is 0.447 e. The molecule has 184 valence electrons. The highest BCUT2D eigenvalue weighted by molar-refractivity contribution is 6.77. The second-order valence-electron chi connectivity index (χ2n) is 10.3. The van der Waals surface area contributed by atoms with E-state index in [9.17, 15) is 9.59 Å². The Morgan fingerprint density at radius 3 is 2.03 bits per heavy atom. The van der Waals surface area contributed by atoms with E-state index in [-0.39, 0.29) is 25.0 Å². The van der Waals surface area contributed by atoms with Gasteiger partial charge in [-0.25, -0.2) is 9.69 Å². The Bertz CT molecular complexity index is 934. The molecule has 0 radical (unpaired) electrons. The number of hydrogen-bond acceptors (Lipinski definition) is 4. The number of carbonyl (C=O) groups excluding carboxylic acids is 2. The molecule has 5 nitrogen and oxygen atoms in total. The molecule has 1 fully saturated rings. The smallest absolute Gasteiger partial charge is 0.416 e. The van der Waals surface area contributed by atoms with E-state index in [2.05, 4.69) is 41.5 Å². The standard InChI is InChI=1S/C28H39NO4Si/c1-20(2)34(21(3)4,22(5)6)33-18-25-14-12-24(13-15-25)17-27(30)29-26(19-32-28(29)31)16-23-10-8-7-9-11-23/h7-15,20-22,26H,16-19H2,1-6H3/t26-/m1/s1. The van der Waals surface area contributed by atoms with E-state index in [1.54, 1.807) is 0 Å². The monoisotopic (exact) mass is 481 g/mol. The maximum Gasteiger partial charge on any atom is 0.416 e. The van der Waals surface area contributed by atoms with E-state index in [1.807, 2.05) is 54.6 Å². The minimum atomic E-state index is -1.93. The molecule has 1 aliphatic heterocycles. The molecule has 1 aliphatic rings. The topological polar surface area (TPSA) is 55.8 Å². The lowest BCUT2D eigenvalue weighted by molar-refractivity contribution is -0.128. The zero-order valence-electron chi connectivity index (χ0n) is 21.4. The molecule has 2 aromatic carbocycles. The van der Waals surface area contributed by atoms with Crippen LogP contribution in [0.3, 0.4) is 0 Å². The van der Waals surface area contributed by atoms with Gasteiger partial charge < -0.3 is 9.16 Å². The number of ether oxygens (including phenoxy) is 1. The molecule has 1 heterocycles. The third-order valence-electron chi connectivity index (χ3n) is 7.12. The van der Waals surface area contributed by atoms with Crippen molar-refractivity contribution in [3.63, 3.8) is 0 Å². The highest BCUT2D eigenvalue weighted by atomic mass is 28.4. The lowest BCUT2D eigenvalue weighted by Gasteiger charge is -2.42. The van der Waals surface area contributed by atoms with Gasteiger partial charge in [-0.3, -0.25) is 4.79 Å². The molecule has 6 heteroatoms. The first-order chi connectivity index (χ1) is 16.1. The molecule has 1 saturated heterocycles. The van der Waals surface area contributed by atoms with Gasteiger partial charge in [0.1, 0.15) is 6.61 Å². The van der Waals surface area contributed by atoms with Crippen LogP contribution in [0.2, 0.25) is 16.6 Å². The average Bonchev–Trinajstić information content (AvgIpc) is 3.15. The van der Waals surface area contributed by atoms with Crippen LogP contribution < -0.4 is 0 Å². The Morgan fingerprint density at radius 1 is 0.912 bits per heavy atom. The van der Waals surface area contributed by atoms with Gasteiger partial charge in [-0.15, -0.1) is 0 Å². The van der Waals surface area contributed by atoms with E-state index >= 15 is 0 Å². The lowest BCUT2D eigenvalue weighted by atomic mass is 10.0. The van der Waals surface area contributed by atoms with Gasteiger partial charge in [0.05, 0.1) is 19.1 Å². The van der Waals surface area contributed by atoms with Crippen molar-refractivity contribution >= 4 is 20.3 Å². The first-order valence-electron chi connectivity index (χ1n) is 12.4. The van der Waals surface area contributed by atoms with Crippen molar-refractivity contribution in [3.05, 3.63) is 71.3 Å². The molecule has 34 heavy (non-hydrogen) atoms.